The van der Waals surface area contributed by atoms with Crippen molar-refractivity contribution in [1.29, 1.82) is 0 Å². The number of rotatable bonds is 11. The lowest BCUT2D eigenvalue weighted by atomic mass is 10.2. The van der Waals surface area contributed by atoms with Gasteiger partial charge in [0.25, 0.3) is 0 Å². The fourth-order valence-electron chi connectivity index (χ4n) is 3.46. The molecule has 0 aromatic heterocycles. The molecule has 0 saturated heterocycles. The van der Waals surface area contributed by atoms with Crippen molar-refractivity contribution in [2.45, 2.75) is 26.2 Å². The van der Waals surface area contributed by atoms with Crippen LogP contribution >= 0.6 is 22.0 Å². The Hall–Kier alpha value is -2.50. The van der Waals surface area contributed by atoms with Crippen LogP contribution in [0, 0.1) is 0 Å². The molecule has 162 valence electrons. The van der Waals surface area contributed by atoms with E-state index in [1.165, 1.54) is 22.3 Å². The minimum atomic E-state index is 0.901. The Kier molecular flexibility index (Phi) is 8.87. The molecule has 0 aliphatic rings. The second kappa shape index (κ2) is 12.5. The lowest BCUT2D eigenvalue weighted by Crippen LogP contribution is -2.18. The highest BCUT2D eigenvalue weighted by atomic mass is 33.1. The normalized spacial score (nSPS) is 11.2. The number of benzene rings is 4. The van der Waals surface area contributed by atoms with Gasteiger partial charge in [0.1, 0.15) is 0 Å². The van der Waals surface area contributed by atoms with Crippen LogP contribution in [-0.2, 0) is 26.2 Å². The SMILES string of the molecule is c1ccc(CN(Cc2ccccc2)SSN(Cc2ccccc2)Cc2ccccc2)cc1. The van der Waals surface area contributed by atoms with Crippen molar-refractivity contribution in [3.05, 3.63) is 144 Å². The minimum absolute atomic E-state index is 0.901. The first-order valence-corrected chi connectivity index (χ1v) is 12.9. The van der Waals surface area contributed by atoms with Gasteiger partial charge in [-0.05, 0) is 22.3 Å². The molecular weight excluding hydrogens is 428 g/mol. The van der Waals surface area contributed by atoms with E-state index in [2.05, 4.69) is 130 Å². The molecule has 32 heavy (non-hydrogen) atoms. The first kappa shape index (κ1) is 22.7. The predicted octanol–water partition coefficient (Wildman–Crippen LogP) is 7.60. The molecule has 0 amide bonds. The molecule has 0 bridgehead atoms. The van der Waals surface area contributed by atoms with Crippen LogP contribution in [0.2, 0.25) is 0 Å². The van der Waals surface area contributed by atoms with E-state index in [-0.39, 0.29) is 0 Å². The van der Waals surface area contributed by atoms with Gasteiger partial charge in [0.2, 0.25) is 0 Å². The fourth-order valence-corrected chi connectivity index (χ4v) is 5.65. The minimum Gasteiger partial charge on any atom is -0.231 e. The van der Waals surface area contributed by atoms with E-state index in [9.17, 15) is 0 Å². The van der Waals surface area contributed by atoms with Crippen molar-refractivity contribution in [3.8, 4) is 0 Å². The average molecular weight is 457 g/mol. The monoisotopic (exact) mass is 456 g/mol. The number of hydrogen-bond donors (Lipinski definition) is 0. The highest BCUT2D eigenvalue weighted by Crippen LogP contribution is 2.34. The van der Waals surface area contributed by atoms with Gasteiger partial charge in [0.05, 0.1) is 0 Å². The summed E-state index contributed by atoms with van der Waals surface area (Å²) in [6.45, 7) is 3.60. The summed E-state index contributed by atoms with van der Waals surface area (Å²) < 4.78 is 4.89. The summed E-state index contributed by atoms with van der Waals surface area (Å²) >= 11 is 0. The fraction of sp³-hybridized carbons (Fsp3) is 0.143. The molecule has 4 rings (SSSR count). The zero-order valence-corrected chi connectivity index (χ0v) is 19.7. The van der Waals surface area contributed by atoms with Crippen molar-refractivity contribution in [2.75, 3.05) is 0 Å². The first-order valence-electron chi connectivity index (χ1n) is 10.9. The molecular formula is C28H28N2S2. The predicted molar refractivity (Wildman–Crippen MR) is 139 cm³/mol. The van der Waals surface area contributed by atoms with Crippen LogP contribution in [-0.4, -0.2) is 8.61 Å². The Morgan fingerprint density at radius 1 is 0.344 bits per heavy atom. The summed E-state index contributed by atoms with van der Waals surface area (Å²) in [7, 11) is 3.67. The topological polar surface area (TPSA) is 6.48 Å². The zero-order chi connectivity index (χ0) is 21.8. The van der Waals surface area contributed by atoms with Gasteiger partial charge in [-0.25, -0.2) is 8.61 Å². The third-order valence-electron chi connectivity index (χ3n) is 5.05. The van der Waals surface area contributed by atoms with Gasteiger partial charge in [-0.2, -0.15) is 0 Å². The molecule has 4 aromatic rings. The van der Waals surface area contributed by atoms with Gasteiger partial charge in [0.15, 0.2) is 0 Å². The molecule has 0 aliphatic heterocycles. The largest absolute Gasteiger partial charge is 0.231 e. The van der Waals surface area contributed by atoms with E-state index in [0.717, 1.165) is 26.2 Å². The summed E-state index contributed by atoms with van der Waals surface area (Å²) in [5.74, 6) is 0. The summed E-state index contributed by atoms with van der Waals surface area (Å²) in [6, 6.07) is 42.9. The highest BCUT2D eigenvalue weighted by molar-refractivity contribution is 8.74. The van der Waals surface area contributed by atoms with Crippen LogP contribution in [0.4, 0.5) is 0 Å². The molecule has 0 saturated carbocycles. The van der Waals surface area contributed by atoms with Gasteiger partial charge in [0, 0.05) is 48.1 Å². The Bertz CT molecular complexity index is 858. The van der Waals surface area contributed by atoms with Crippen LogP contribution in [0.5, 0.6) is 0 Å². The van der Waals surface area contributed by atoms with Crippen molar-refractivity contribution in [1.82, 2.24) is 8.61 Å². The van der Waals surface area contributed by atoms with E-state index in [4.69, 9.17) is 0 Å². The maximum Gasteiger partial charge on any atom is 0.0352 e. The van der Waals surface area contributed by atoms with Gasteiger partial charge in [-0.3, -0.25) is 0 Å². The number of hydrogen-bond acceptors (Lipinski definition) is 4. The molecule has 0 unspecified atom stereocenters. The molecule has 0 spiro atoms. The van der Waals surface area contributed by atoms with E-state index < -0.39 is 0 Å². The summed E-state index contributed by atoms with van der Waals surface area (Å²) in [5.41, 5.74) is 5.31. The van der Waals surface area contributed by atoms with E-state index >= 15 is 0 Å². The molecule has 4 aromatic carbocycles. The standard InChI is InChI=1S/C28H28N2S2/c1-5-13-25(14-6-1)21-29(22-26-15-7-2-8-16-26)31-32-30(23-27-17-9-3-10-18-27)24-28-19-11-4-12-20-28/h1-20H,21-24H2. The lowest BCUT2D eigenvalue weighted by Gasteiger charge is -2.26. The smallest absolute Gasteiger partial charge is 0.0352 e. The summed E-state index contributed by atoms with van der Waals surface area (Å²) in [6.07, 6.45) is 0. The van der Waals surface area contributed by atoms with E-state index in [0.29, 0.717) is 0 Å². The van der Waals surface area contributed by atoms with Crippen molar-refractivity contribution < 1.29 is 0 Å². The van der Waals surface area contributed by atoms with Crippen molar-refractivity contribution >= 4 is 22.0 Å². The molecule has 0 fully saturated rings. The van der Waals surface area contributed by atoms with Crippen LogP contribution in [0.25, 0.3) is 0 Å². The quantitative estimate of drug-likeness (QED) is 0.169. The molecule has 0 radical (unpaired) electrons. The molecule has 4 heteroatoms. The van der Waals surface area contributed by atoms with E-state index in [1.807, 2.05) is 22.0 Å². The third-order valence-corrected chi connectivity index (χ3v) is 7.52. The Morgan fingerprint density at radius 2 is 0.562 bits per heavy atom. The lowest BCUT2D eigenvalue weighted by molar-refractivity contribution is 0.457. The van der Waals surface area contributed by atoms with Crippen LogP contribution in [0.15, 0.2) is 121 Å². The Morgan fingerprint density at radius 3 is 0.781 bits per heavy atom. The average Bonchev–Trinajstić information content (AvgIpc) is 2.85. The molecule has 2 nitrogen and oxygen atoms in total. The van der Waals surface area contributed by atoms with Gasteiger partial charge in [-0.15, -0.1) is 0 Å². The van der Waals surface area contributed by atoms with Gasteiger partial charge < -0.3 is 0 Å². The molecule has 0 heterocycles. The Balaban J connectivity index is 1.47. The second-order valence-electron chi connectivity index (χ2n) is 7.69. The third kappa shape index (κ3) is 7.57. The van der Waals surface area contributed by atoms with Gasteiger partial charge >= 0.3 is 0 Å². The summed E-state index contributed by atoms with van der Waals surface area (Å²) in [4.78, 5) is 0. The molecule has 0 atom stereocenters. The molecule has 0 aliphatic carbocycles. The summed E-state index contributed by atoms with van der Waals surface area (Å²) in [5, 5.41) is 0. The van der Waals surface area contributed by atoms with Crippen molar-refractivity contribution in [3.63, 3.8) is 0 Å². The maximum atomic E-state index is 2.44. The maximum absolute atomic E-state index is 2.44. The van der Waals surface area contributed by atoms with Crippen LogP contribution in [0.3, 0.4) is 0 Å². The Labute approximate surface area is 199 Å². The van der Waals surface area contributed by atoms with E-state index in [1.54, 1.807) is 0 Å². The highest BCUT2D eigenvalue weighted by Gasteiger charge is 2.14. The first-order chi connectivity index (χ1) is 15.8. The van der Waals surface area contributed by atoms with Crippen LogP contribution < -0.4 is 0 Å². The zero-order valence-electron chi connectivity index (χ0n) is 18.1. The second-order valence-corrected chi connectivity index (χ2v) is 9.91. The van der Waals surface area contributed by atoms with Gasteiger partial charge in [-0.1, -0.05) is 121 Å². The van der Waals surface area contributed by atoms with Crippen LogP contribution in [0.1, 0.15) is 22.3 Å². The van der Waals surface area contributed by atoms with Crippen molar-refractivity contribution in [2.24, 2.45) is 0 Å². The number of nitrogens with zero attached hydrogens (tertiary/aromatic N) is 2. The molecule has 0 N–H and O–H groups in total.